The van der Waals surface area contributed by atoms with Gasteiger partial charge in [0.2, 0.25) is 0 Å². The van der Waals surface area contributed by atoms with Crippen molar-refractivity contribution in [2.24, 2.45) is 17.8 Å². The van der Waals surface area contributed by atoms with Crippen molar-refractivity contribution in [3.05, 3.63) is 42.1 Å². The van der Waals surface area contributed by atoms with E-state index in [1.165, 1.54) is 44.1 Å². The van der Waals surface area contributed by atoms with Crippen molar-refractivity contribution < 1.29 is 0 Å². The van der Waals surface area contributed by atoms with Crippen LogP contribution in [0.25, 0.3) is 0 Å². The lowest BCUT2D eigenvalue weighted by molar-refractivity contribution is -0.0492. The van der Waals surface area contributed by atoms with Gasteiger partial charge in [-0.05, 0) is 86.5 Å². The van der Waals surface area contributed by atoms with E-state index >= 15 is 0 Å². The van der Waals surface area contributed by atoms with Crippen molar-refractivity contribution >= 4 is 28.8 Å². The van der Waals surface area contributed by atoms with Crippen LogP contribution in [-0.4, -0.2) is 14.9 Å². The van der Waals surface area contributed by atoms with Gasteiger partial charge in [-0.25, -0.2) is 0 Å². The van der Waals surface area contributed by atoms with Crippen molar-refractivity contribution in [2.75, 3.05) is 10.6 Å². The standard InChI is InChI=1S/C22H28N4S/c1-2-18-5-3-4-6-19(18)23-21(27)24-20-7-8-26(25-20)22-12-15-9-16(13-22)11-17(10-15)14-22/h3-8,15-17H,2,9-14H2,1H3,(H2,23,24,25,27). The molecule has 6 rings (SSSR count). The molecule has 0 aliphatic heterocycles. The van der Waals surface area contributed by atoms with Gasteiger partial charge in [0.25, 0.3) is 0 Å². The zero-order valence-electron chi connectivity index (χ0n) is 15.9. The van der Waals surface area contributed by atoms with Gasteiger partial charge < -0.3 is 10.6 Å². The number of anilines is 2. The minimum atomic E-state index is 0.262. The molecule has 4 nitrogen and oxygen atoms in total. The molecule has 0 atom stereocenters. The number of aromatic nitrogens is 2. The van der Waals surface area contributed by atoms with E-state index in [2.05, 4.69) is 52.7 Å². The molecule has 142 valence electrons. The normalized spacial score (nSPS) is 31.1. The molecule has 2 N–H and O–H groups in total. The predicted octanol–water partition coefficient (Wildman–Crippen LogP) is 5.18. The topological polar surface area (TPSA) is 41.9 Å². The second-order valence-corrected chi connectivity index (χ2v) is 9.29. The van der Waals surface area contributed by atoms with Crippen LogP contribution in [0.1, 0.15) is 51.0 Å². The van der Waals surface area contributed by atoms with Gasteiger partial charge in [0.1, 0.15) is 0 Å². The van der Waals surface area contributed by atoms with E-state index in [9.17, 15) is 0 Å². The Hall–Kier alpha value is -1.88. The number of hydrogen-bond donors (Lipinski definition) is 2. The summed E-state index contributed by atoms with van der Waals surface area (Å²) in [6.45, 7) is 2.16. The smallest absolute Gasteiger partial charge is 0.176 e. The van der Waals surface area contributed by atoms with Crippen molar-refractivity contribution in [2.45, 2.75) is 57.4 Å². The summed E-state index contributed by atoms with van der Waals surface area (Å²) in [5, 5.41) is 12.1. The summed E-state index contributed by atoms with van der Waals surface area (Å²) in [6, 6.07) is 10.4. The third-order valence-electron chi connectivity index (χ3n) is 6.97. The fourth-order valence-corrected chi connectivity index (χ4v) is 6.44. The molecule has 4 bridgehead atoms. The highest BCUT2D eigenvalue weighted by Gasteiger charge is 2.52. The lowest BCUT2D eigenvalue weighted by Crippen LogP contribution is -2.52. The molecule has 0 amide bonds. The Kier molecular flexibility index (Phi) is 4.23. The van der Waals surface area contributed by atoms with Gasteiger partial charge in [-0.15, -0.1) is 0 Å². The van der Waals surface area contributed by atoms with E-state index in [4.69, 9.17) is 17.3 Å². The molecule has 5 heteroatoms. The number of nitrogens with one attached hydrogen (secondary N) is 2. The fourth-order valence-electron chi connectivity index (χ4n) is 6.22. The average Bonchev–Trinajstić information content (AvgIpc) is 3.10. The number of rotatable bonds is 4. The second kappa shape index (κ2) is 6.62. The molecule has 4 fully saturated rings. The number of benzene rings is 1. The quantitative estimate of drug-likeness (QED) is 0.717. The molecule has 0 radical (unpaired) electrons. The Morgan fingerprint density at radius 1 is 1.07 bits per heavy atom. The fraction of sp³-hybridized carbons (Fsp3) is 0.545. The molecule has 1 aromatic heterocycles. The zero-order valence-corrected chi connectivity index (χ0v) is 16.8. The molecule has 1 aromatic carbocycles. The maximum atomic E-state index is 5.53. The van der Waals surface area contributed by atoms with Crippen molar-refractivity contribution in [1.82, 2.24) is 9.78 Å². The summed E-state index contributed by atoms with van der Waals surface area (Å²) >= 11 is 5.53. The third-order valence-corrected chi connectivity index (χ3v) is 7.17. The Balaban J connectivity index is 1.29. The van der Waals surface area contributed by atoms with Gasteiger partial charge in [-0.1, -0.05) is 25.1 Å². The maximum Gasteiger partial charge on any atom is 0.176 e. The van der Waals surface area contributed by atoms with Gasteiger partial charge in [0, 0.05) is 18.0 Å². The summed E-state index contributed by atoms with van der Waals surface area (Å²) in [6.07, 6.45) is 11.4. The molecule has 0 spiro atoms. The number of thiocarbonyl (C=S) groups is 1. The second-order valence-electron chi connectivity index (χ2n) is 8.88. The molecule has 4 aliphatic rings. The number of nitrogens with zero attached hydrogens (tertiary/aromatic N) is 2. The zero-order chi connectivity index (χ0) is 18.4. The first kappa shape index (κ1) is 17.2. The van der Waals surface area contributed by atoms with E-state index in [1.54, 1.807) is 0 Å². The first-order valence-corrected chi connectivity index (χ1v) is 10.8. The summed E-state index contributed by atoms with van der Waals surface area (Å²) in [5.74, 6) is 3.61. The highest BCUT2D eigenvalue weighted by molar-refractivity contribution is 7.80. The molecule has 4 saturated carbocycles. The van der Waals surface area contributed by atoms with Crippen molar-refractivity contribution in [1.29, 1.82) is 0 Å². The van der Waals surface area contributed by atoms with Crippen molar-refractivity contribution in [3.63, 3.8) is 0 Å². The lowest BCUT2D eigenvalue weighted by atomic mass is 9.53. The highest BCUT2D eigenvalue weighted by Crippen LogP contribution is 2.58. The van der Waals surface area contributed by atoms with Crippen LogP contribution in [0.5, 0.6) is 0 Å². The first-order valence-electron chi connectivity index (χ1n) is 10.4. The Morgan fingerprint density at radius 3 is 2.41 bits per heavy atom. The van der Waals surface area contributed by atoms with Gasteiger partial charge in [-0.3, -0.25) is 4.68 Å². The minimum absolute atomic E-state index is 0.262. The highest BCUT2D eigenvalue weighted by atomic mass is 32.1. The Morgan fingerprint density at radius 2 is 1.74 bits per heavy atom. The first-order chi connectivity index (χ1) is 13.1. The van der Waals surface area contributed by atoms with Crippen LogP contribution in [0.2, 0.25) is 0 Å². The summed E-state index contributed by atoms with van der Waals surface area (Å²) < 4.78 is 2.27. The molecule has 1 heterocycles. The van der Waals surface area contributed by atoms with Gasteiger partial charge in [-0.2, -0.15) is 5.10 Å². The van der Waals surface area contributed by atoms with Crippen LogP contribution in [0, 0.1) is 17.8 Å². The van der Waals surface area contributed by atoms with Crippen LogP contribution in [0.3, 0.4) is 0 Å². The molecular weight excluding hydrogens is 352 g/mol. The van der Waals surface area contributed by atoms with E-state index < -0.39 is 0 Å². The Bertz CT molecular complexity index is 820. The number of hydrogen-bond acceptors (Lipinski definition) is 2. The lowest BCUT2D eigenvalue weighted by Gasteiger charge is -2.56. The predicted molar refractivity (Wildman–Crippen MR) is 114 cm³/mol. The maximum absolute atomic E-state index is 5.53. The number of aryl methyl sites for hydroxylation is 1. The summed E-state index contributed by atoms with van der Waals surface area (Å²) in [4.78, 5) is 0. The molecule has 27 heavy (non-hydrogen) atoms. The van der Waals surface area contributed by atoms with Crippen LogP contribution in [0.15, 0.2) is 36.5 Å². The monoisotopic (exact) mass is 380 g/mol. The average molecular weight is 381 g/mol. The Labute approximate surface area is 166 Å². The van der Waals surface area contributed by atoms with E-state index in [0.29, 0.717) is 5.11 Å². The van der Waals surface area contributed by atoms with Crippen LogP contribution in [-0.2, 0) is 12.0 Å². The largest absolute Gasteiger partial charge is 0.332 e. The van der Waals surface area contributed by atoms with Gasteiger partial charge >= 0.3 is 0 Å². The molecule has 0 saturated heterocycles. The molecule has 4 aliphatic carbocycles. The number of para-hydroxylation sites is 1. The summed E-state index contributed by atoms with van der Waals surface area (Å²) in [7, 11) is 0. The van der Waals surface area contributed by atoms with E-state index in [-0.39, 0.29) is 5.54 Å². The molecule has 2 aromatic rings. The van der Waals surface area contributed by atoms with Gasteiger partial charge in [0.15, 0.2) is 10.9 Å². The van der Waals surface area contributed by atoms with E-state index in [1.807, 2.05) is 6.07 Å². The van der Waals surface area contributed by atoms with Crippen LogP contribution < -0.4 is 10.6 Å². The van der Waals surface area contributed by atoms with Crippen LogP contribution >= 0.6 is 12.2 Å². The van der Waals surface area contributed by atoms with Crippen LogP contribution in [0.4, 0.5) is 11.5 Å². The third kappa shape index (κ3) is 3.16. The van der Waals surface area contributed by atoms with E-state index in [0.717, 1.165) is 35.7 Å². The van der Waals surface area contributed by atoms with Gasteiger partial charge in [0.05, 0.1) is 5.54 Å². The minimum Gasteiger partial charge on any atom is -0.332 e. The molecular formula is C22H28N4S. The summed E-state index contributed by atoms with van der Waals surface area (Å²) in [5.41, 5.74) is 2.59. The SMILES string of the molecule is CCc1ccccc1NC(=S)Nc1ccn(C23CC4CC(CC(C4)C2)C3)n1. The molecule has 0 unspecified atom stereocenters. The van der Waals surface area contributed by atoms with Crippen molar-refractivity contribution in [3.8, 4) is 0 Å².